The number of aliphatic hydroxyl groups is 1. The molecule has 2 unspecified atom stereocenters. The van der Waals surface area contributed by atoms with Crippen LogP contribution in [0, 0.1) is 5.92 Å². The molecule has 1 aliphatic rings. The van der Waals surface area contributed by atoms with Crippen LogP contribution in [0.25, 0.3) is 11.4 Å². The third-order valence-corrected chi connectivity index (χ3v) is 4.04. The first kappa shape index (κ1) is 14.6. The monoisotopic (exact) mass is 301 g/mol. The molecule has 116 valence electrons. The molecule has 1 heterocycles. The standard InChI is InChI=1S/C15H19N5O2/c1-2-20-14(17-18-19-20)10-5-3-6-11(9-10)16-15(22)12-7-4-8-13(12)21/h3,5-6,9,12-13,21H,2,4,7-8H2,1H3,(H,16,22). The lowest BCUT2D eigenvalue weighted by Gasteiger charge is -2.14. The molecule has 0 spiro atoms. The fraction of sp³-hybridized carbons (Fsp3) is 0.467. The Kier molecular flexibility index (Phi) is 4.15. The van der Waals surface area contributed by atoms with Gasteiger partial charge in [0.25, 0.3) is 0 Å². The maximum atomic E-state index is 12.2. The molecule has 0 bridgehead atoms. The van der Waals surface area contributed by atoms with Gasteiger partial charge in [-0.2, -0.15) is 0 Å². The van der Waals surface area contributed by atoms with Crippen molar-refractivity contribution in [2.75, 3.05) is 5.32 Å². The number of amides is 1. The highest BCUT2D eigenvalue weighted by molar-refractivity contribution is 5.93. The molecule has 22 heavy (non-hydrogen) atoms. The number of carbonyl (C=O) groups excluding carboxylic acids is 1. The SMILES string of the molecule is CCn1nnnc1-c1cccc(NC(=O)C2CCCC2O)c1. The van der Waals surface area contributed by atoms with Crippen molar-refractivity contribution in [3.63, 3.8) is 0 Å². The number of hydrogen-bond donors (Lipinski definition) is 2. The summed E-state index contributed by atoms with van der Waals surface area (Å²) in [4.78, 5) is 12.2. The van der Waals surface area contributed by atoms with E-state index in [1.165, 1.54) is 0 Å². The van der Waals surface area contributed by atoms with Gasteiger partial charge in [-0.3, -0.25) is 4.79 Å². The number of nitrogens with one attached hydrogen (secondary N) is 1. The van der Waals surface area contributed by atoms with Crippen molar-refractivity contribution in [1.82, 2.24) is 20.2 Å². The van der Waals surface area contributed by atoms with E-state index in [9.17, 15) is 9.90 Å². The van der Waals surface area contributed by atoms with Gasteiger partial charge >= 0.3 is 0 Å². The molecule has 1 aromatic heterocycles. The van der Waals surface area contributed by atoms with E-state index < -0.39 is 6.10 Å². The quantitative estimate of drug-likeness (QED) is 0.891. The molecule has 2 N–H and O–H groups in total. The third kappa shape index (κ3) is 2.85. The van der Waals surface area contributed by atoms with Crippen LogP contribution < -0.4 is 5.32 Å². The van der Waals surface area contributed by atoms with E-state index in [1.807, 2.05) is 31.2 Å². The van der Waals surface area contributed by atoms with Gasteiger partial charge in [-0.1, -0.05) is 12.1 Å². The number of aryl methyl sites for hydroxylation is 1. The Labute approximate surface area is 128 Å². The number of hydrogen-bond acceptors (Lipinski definition) is 5. The summed E-state index contributed by atoms with van der Waals surface area (Å²) in [6, 6.07) is 7.42. The van der Waals surface area contributed by atoms with Gasteiger partial charge in [0, 0.05) is 17.8 Å². The van der Waals surface area contributed by atoms with E-state index in [2.05, 4.69) is 20.8 Å². The molecule has 2 atom stereocenters. The first-order valence-corrected chi connectivity index (χ1v) is 7.54. The molecule has 1 saturated carbocycles. The number of aliphatic hydroxyl groups excluding tert-OH is 1. The van der Waals surface area contributed by atoms with Crippen molar-refractivity contribution in [2.24, 2.45) is 5.92 Å². The van der Waals surface area contributed by atoms with Crippen molar-refractivity contribution >= 4 is 11.6 Å². The van der Waals surface area contributed by atoms with Crippen LogP contribution in [0.1, 0.15) is 26.2 Å². The van der Waals surface area contributed by atoms with E-state index in [0.717, 1.165) is 18.4 Å². The summed E-state index contributed by atoms with van der Waals surface area (Å²) in [5, 5.41) is 24.3. The van der Waals surface area contributed by atoms with Crippen LogP contribution in [0.4, 0.5) is 5.69 Å². The second kappa shape index (κ2) is 6.23. The molecule has 0 aliphatic heterocycles. The first-order valence-electron chi connectivity index (χ1n) is 7.54. The smallest absolute Gasteiger partial charge is 0.230 e. The van der Waals surface area contributed by atoms with Crippen LogP contribution in [0.5, 0.6) is 0 Å². The van der Waals surface area contributed by atoms with Crippen molar-refractivity contribution in [3.05, 3.63) is 24.3 Å². The molecule has 0 saturated heterocycles. The number of rotatable bonds is 4. The zero-order valence-electron chi connectivity index (χ0n) is 12.4. The number of tetrazole rings is 1. The van der Waals surface area contributed by atoms with E-state index in [4.69, 9.17) is 0 Å². The van der Waals surface area contributed by atoms with Crippen molar-refractivity contribution in [3.8, 4) is 11.4 Å². The summed E-state index contributed by atoms with van der Waals surface area (Å²) in [7, 11) is 0. The molecule has 7 nitrogen and oxygen atoms in total. The minimum Gasteiger partial charge on any atom is -0.392 e. The fourth-order valence-electron chi connectivity index (χ4n) is 2.84. The van der Waals surface area contributed by atoms with Crippen molar-refractivity contribution < 1.29 is 9.90 Å². The minimum atomic E-state index is -0.532. The lowest BCUT2D eigenvalue weighted by atomic mass is 10.0. The maximum Gasteiger partial charge on any atom is 0.230 e. The molecule has 2 aromatic rings. The normalized spacial score (nSPS) is 21.0. The number of aromatic nitrogens is 4. The predicted octanol–water partition coefficient (Wildman–Crippen LogP) is 1.46. The third-order valence-electron chi connectivity index (χ3n) is 4.04. The Bertz CT molecular complexity index is 669. The summed E-state index contributed by atoms with van der Waals surface area (Å²) < 4.78 is 1.70. The number of anilines is 1. The topological polar surface area (TPSA) is 92.9 Å². The maximum absolute atomic E-state index is 12.2. The molecule has 3 rings (SSSR count). The summed E-state index contributed by atoms with van der Waals surface area (Å²) in [6.07, 6.45) is 1.80. The van der Waals surface area contributed by atoms with Gasteiger partial charge in [-0.05, 0) is 48.7 Å². The first-order chi connectivity index (χ1) is 10.7. The molecular weight excluding hydrogens is 282 g/mol. The Morgan fingerprint density at radius 1 is 1.45 bits per heavy atom. The van der Waals surface area contributed by atoms with Crippen LogP contribution in [-0.4, -0.2) is 37.3 Å². The number of carbonyl (C=O) groups is 1. The largest absolute Gasteiger partial charge is 0.392 e. The van der Waals surface area contributed by atoms with Gasteiger partial charge in [0.05, 0.1) is 12.0 Å². The molecule has 1 fully saturated rings. The van der Waals surface area contributed by atoms with Gasteiger partial charge in [0.2, 0.25) is 5.91 Å². The Balaban J connectivity index is 1.78. The molecule has 1 amide bonds. The van der Waals surface area contributed by atoms with Gasteiger partial charge in [-0.15, -0.1) is 5.10 Å². The zero-order chi connectivity index (χ0) is 15.5. The van der Waals surface area contributed by atoms with Gasteiger partial charge < -0.3 is 10.4 Å². The average Bonchev–Trinajstić information content (AvgIpc) is 3.15. The summed E-state index contributed by atoms with van der Waals surface area (Å²) in [5.74, 6) is 0.223. The lowest BCUT2D eigenvalue weighted by molar-refractivity contribution is -0.122. The summed E-state index contributed by atoms with van der Waals surface area (Å²) in [5.41, 5.74) is 1.53. The van der Waals surface area contributed by atoms with E-state index in [-0.39, 0.29) is 11.8 Å². The Hall–Kier alpha value is -2.28. The van der Waals surface area contributed by atoms with Crippen LogP contribution in [-0.2, 0) is 11.3 Å². The fourth-order valence-corrected chi connectivity index (χ4v) is 2.84. The molecule has 1 aliphatic carbocycles. The molecule has 7 heteroatoms. The van der Waals surface area contributed by atoms with Gasteiger partial charge in [-0.25, -0.2) is 4.68 Å². The summed E-state index contributed by atoms with van der Waals surface area (Å²) in [6.45, 7) is 2.64. The molecule has 1 aromatic carbocycles. The number of nitrogens with zero attached hydrogens (tertiary/aromatic N) is 4. The van der Waals surface area contributed by atoms with Crippen LogP contribution in [0.15, 0.2) is 24.3 Å². The van der Waals surface area contributed by atoms with E-state index in [0.29, 0.717) is 24.5 Å². The van der Waals surface area contributed by atoms with Crippen LogP contribution in [0.2, 0.25) is 0 Å². The van der Waals surface area contributed by atoms with Gasteiger partial charge in [0.15, 0.2) is 5.82 Å². The van der Waals surface area contributed by atoms with Gasteiger partial charge in [0.1, 0.15) is 0 Å². The van der Waals surface area contributed by atoms with E-state index >= 15 is 0 Å². The highest BCUT2D eigenvalue weighted by Crippen LogP contribution is 2.27. The Morgan fingerprint density at radius 2 is 2.32 bits per heavy atom. The lowest BCUT2D eigenvalue weighted by Crippen LogP contribution is -2.28. The highest BCUT2D eigenvalue weighted by atomic mass is 16.3. The number of benzene rings is 1. The molecule has 0 radical (unpaired) electrons. The summed E-state index contributed by atoms with van der Waals surface area (Å²) >= 11 is 0. The van der Waals surface area contributed by atoms with E-state index in [1.54, 1.807) is 4.68 Å². The Morgan fingerprint density at radius 3 is 3.05 bits per heavy atom. The van der Waals surface area contributed by atoms with Crippen LogP contribution in [0.3, 0.4) is 0 Å². The highest BCUT2D eigenvalue weighted by Gasteiger charge is 2.31. The second-order valence-corrected chi connectivity index (χ2v) is 5.49. The predicted molar refractivity (Wildman–Crippen MR) is 80.9 cm³/mol. The van der Waals surface area contributed by atoms with Crippen molar-refractivity contribution in [2.45, 2.75) is 38.8 Å². The van der Waals surface area contributed by atoms with Crippen LogP contribution >= 0.6 is 0 Å². The van der Waals surface area contributed by atoms with Crippen molar-refractivity contribution in [1.29, 1.82) is 0 Å². The minimum absolute atomic E-state index is 0.128. The zero-order valence-corrected chi connectivity index (χ0v) is 12.4. The average molecular weight is 301 g/mol. The second-order valence-electron chi connectivity index (χ2n) is 5.49. The molecular formula is C15H19N5O2.